The van der Waals surface area contributed by atoms with Crippen LogP contribution in [0.5, 0.6) is 17.2 Å². The maximum atomic E-state index is 5.66. The lowest BCUT2D eigenvalue weighted by Gasteiger charge is -2.35. The predicted octanol–water partition coefficient (Wildman–Crippen LogP) is 2.81. The number of nitrogens with one attached hydrogen (secondary N) is 1. The summed E-state index contributed by atoms with van der Waals surface area (Å²) in [6.07, 6.45) is 1.60. The van der Waals surface area contributed by atoms with E-state index in [4.69, 9.17) is 14.2 Å². The molecule has 1 atom stereocenters. The molecule has 0 radical (unpaired) electrons. The molecule has 1 N–H and O–H groups in total. The van der Waals surface area contributed by atoms with Crippen LogP contribution in [0, 0.1) is 0 Å². The molecule has 1 aliphatic heterocycles. The highest BCUT2D eigenvalue weighted by molar-refractivity contribution is 5.97. The van der Waals surface area contributed by atoms with Gasteiger partial charge < -0.3 is 24.4 Å². The second-order valence-corrected chi connectivity index (χ2v) is 6.62. The van der Waals surface area contributed by atoms with Gasteiger partial charge in [-0.2, -0.15) is 0 Å². The van der Waals surface area contributed by atoms with Crippen molar-refractivity contribution in [1.29, 1.82) is 0 Å². The van der Waals surface area contributed by atoms with E-state index in [2.05, 4.69) is 32.3 Å². The number of methoxy groups -OCH3 is 3. The van der Waals surface area contributed by atoms with Crippen molar-refractivity contribution in [1.82, 2.24) is 15.3 Å². The van der Waals surface area contributed by atoms with Gasteiger partial charge in [-0.05, 0) is 29.8 Å². The Bertz CT molecular complexity index is 979. The molecule has 4 rings (SSSR count). The van der Waals surface area contributed by atoms with Gasteiger partial charge in [-0.1, -0.05) is 12.1 Å². The number of ether oxygens (including phenoxy) is 3. The largest absolute Gasteiger partial charge is 0.497 e. The molecule has 3 aromatic rings. The third-order valence-corrected chi connectivity index (χ3v) is 5.10. The average molecular weight is 380 g/mol. The number of fused-ring (bicyclic) bond motifs is 1. The summed E-state index contributed by atoms with van der Waals surface area (Å²) >= 11 is 0. The first-order valence-electron chi connectivity index (χ1n) is 9.23. The van der Waals surface area contributed by atoms with Crippen LogP contribution in [-0.2, 0) is 0 Å². The van der Waals surface area contributed by atoms with E-state index >= 15 is 0 Å². The standard InChI is InChI=1S/C21H24N4O3/c1-26-15-6-4-5-14(11-15)17-12-25(10-9-22-17)21-19-16(23-13-24-21)7-8-18(27-2)20(19)28-3/h4-8,11,13,17,22H,9-10,12H2,1-3H3/t17-/m1/s1. The van der Waals surface area contributed by atoms with Crippen molar-refractivity contribution in [3.63, 3.8) is 0 Å². The Hall–Kier alpha value is -3.06. The first kappa shape index (κ1) is 18.3. The number of aromatic nitrogens is 2. The van der Waals surface area contributed by atoms with Crippen LogP contribution in [-0.4, -0.2) is 50.9 Å². The van der Waals surface area contributed by atoms with Crippen molar-refractivity contribution in [3.8, 4) is 17.2 Å². The molecule has 0 spiro atoms. The Labute approximate surface area is 164 Å². The molecule has 28 heavy (non-hydrogen) atoms. The van der Waals surface area contributed by atoms with E-state index < -0.39 is 0 Å². The fourth-order valence-corrected chi connectivity index (χ4v) is 3.71. The Kier molecular flexibility index (Phi) is 5.16. The predicted molar refractivity (Wildman–Crippen MR) is 109 cm³/mol. The number of rotatable bonds is 5. The molecule has 2 aromatic carbocycles. The molecule has 1 aromatic heterocycles. The van der Waals surface area contributed by atoms with E-state index in [1.165, 1.54) is 5.56 Å². The minimum Gasteiger partial charge on any atom is -0.497 e. The van der Waals surface area contributed by atoms with E-state index in [-0.39, 0.29) is 6.04 Å². The summed E-state index contributed by atoms with van der Waals surface area (Å²) in [5.41, 5.74) is 2.02. The summed E-state index contributed by atoms with van der Waals surface area (Å²) in [7, 11) is 4.97. The lowest BCUT2D eigenvalue weighted by Crippen LogP contribution is -2.46. The minimum atomic E-state index is 0.172. The van der Waals surface area contributed by atoms with E-state index in [1.807, 2.05) is 24.3 Å². The Morgan fingerprint density at radius 3 is 2.71 bits per heavy atom. The molecule has 1 fully saturated rings. The first-order chi connectivity index (χ1) is 13.7. The van der Waals surface area contributed by atoms with Crippen LogP contribution < -0.4 is 24.4 Å². The Morgan fingerprint density at radius 2 is 1.93 bits per heavy atom. The molecule has 0 amide bonds. The highest BCUT2D eigenvalue weighted by atomic mass is 16.5. The van der Waals surface area contributed by atoms with Gasteiger partial charge in [0.15, 0.2) is 11.5 Å². The van der Waals surface area contributed by atoms with Crippen LogP contribution in [0.15, 0.2) is 42.7 Å². The second-order valence-electron chi connectivity index (χ2n) is 6.62. The molecule has 7 nitrogen and oxygen atoms in total. The summed E-state index contributed by atoms with van der Waals surface area (Å²) < 4.78 is 16.5. The average Bonchev–Trinajstić information content (AvgIpc) is 2.77. The van der Waals surface area contributed by atoms with Crippen LogP contribution in [0.4, 0.5) is 5.82 Å². The minimum absolute atomic E-state index is 0.172. The highest BCUT2D eigenvalue weighted by Gasteiger charge is 2.25. The number of benzene rings is 2. The van der Waals surface area contributed by atoms with Gasteiger partial charge >= 0.3 is 0 Å². The first-order valence-corrected chi connectivity index (χ1v) is 9.23. The monoisotopic (exact) mass is 380 g/mol. The van der Waals surface area contributed by atoms with Crippen LogP contribution in [0.1, 0.15) is 11.6 Å². The van der Waals surface area contributed by atoms with Crippen molar-refractivity contribution >= 4 is 16.7 Å². The zero-order valence-electron chi connectivity index (χ0n) is 16.3. The van der Waals surface area contributed by atoms with Gasteiger partial charge in [0.25, 0.3) is 0 Å². The van der Waals surface area contributed by atoms with E-state index in [1.54, 1.807) is 27.7 Å². The third-order valence-electron chi connectivity index (χ3n) is 5.10. The number of piperazine rings is 1. The third kappa shape index (κ3) is 3.29. The van der Waals surface area contributed by atoms with Gasteiger partial charge in [0.1, 0.15) is 17.9 Å². The molecule has 0 unspecified atom stereocenters. The van der Waals surface area contributed by atoms with Gasteiger partial charge in [0, 0.05) is 19.6 Å². The fourth-order valence-electron chi connectivity index (χ4n) is 3.71. The summed E-state index contributed by atoms with van der Waals surface area (Å²) in [4.78, 5) is 11.3. The zero-order valence-corrected chi connectivity index (χ0v) is 16.3. The fraction of sp³-hybridized carbons (Fsp3) is 0.333. The summed E-state index contributed by atoms with van der Waals surface area (Å²) in [6.45, 7) is 2.46. The maximum Gasteiger partial charge on any atom is 0.173 e. The van der Waals surface area contributed by atoms with Crippen molar-refractivity contribution < 1.29 is 14.2 Å². The lowest BCUT2D eigenvalue weighted by molar-refractivity contribution is 0.358. The molecule has 146 valence electrons. The van der Waals surface area contributed by atoms with Crippen LogP contribution >= 0.6 is 0 Å². The zero-order chi connectivity index (χ0) is 19.5. The maximum absolute atomic E-state index is 5.66. The van der Waals surface area contributed by atoms with E-state index in [0.29, 0.717) is 11.5 Å². The number of hydrogen-bond acceptors (Lipinski definition) is 7. The van der Waals surface area contributed by atoms with Gasteiger partial charge in [-0.3, -0.25) is 0 Å². The molecule has 1 saturated heterocycles. The number of anilines is 1. The van der Waals surface area contributed by atoms with Crippen molar-refractivity contribution in [2.45, 2.75) is 6.04 Å². The molecule has 2 heterocycles. The Morgan fingerprint density at radius 1 is 1.04 bits per heavy atom. The molecular weight excluding hydrogens is 356 g/mol. The molecule has 0 bridgehead atoms. The molecule has 0 saturated carbocycles. The Balaban J connectivity index is 1.73. The summed E-state index contributed by atoms with van der Waals surface area (Å²) in [6, 6.07) is 12.1. The number of nitrogens with zero attached hydrogens (tertiary/aromatic N) is 3. The topological polar surface area (TPSA) is 68.7 Å². The second kappa shape index (κ2) is 7.90. The van der Waals surface area contributed by atoms with E-state index in [9.17, 15) is 0 Å². The van der Waals surface area contributed by atoms with Crippen LogP contribution in [0.3, 0.4) is 0 Å². The normalized spacial score (nSPS) is 16.8. The summed E-state index contributed by atoms with van der Waals surface area (Å²) in [5.74, 6) is 3.04. The van der Waals surface area contributed by atoms with Gasteiger partial charge in [-0.25, -0.2) is 9.97 Å². The molecule has 7 heteroatoms. The molecular formula is C21H24N4O3. The van der Waals surface area contributed by atoms with Crippen molar-refractivity contribution in [2.75, 3.05) is 45.9 Å². The van der Waals surface area contributed by atoms with Crippen molar-refractivity contribution in [3.05, 3.63) is 48.3 Å². The smallest absolute Gasteiger partial charge is 0.173 e. The SMILES string of the molecule is COc1cccc([C@H]2CN(c3ncnc4ccc(OC)c(OC)c34)CCN2)c1. The van der Waals surface area contributed by atoms with E-state index in [0.717, 1.165) is 42.1 Å². The van der Waals surface area contributed by atoms with Crippen LogP contribution in [0.25, 0.3) is 10.9 Å². The van der Waals surface area contributed by atoms with Gasteiger partial charge in [0.2, 0.25) is 0 Å². The highest BCUT2D eigenvalue weighted by Crippen LogP contribution is 2.39. The van der Waals surface area contributed by atoms with Crippen molar-refractivity contribution in [2.24, 2.45) is 0 Å². The van der Waals surface area contributed by atoms with Crippen LogP contribution in [0.2, 0.25) is 0 Å². The lowest BCUT2D eigenvalue weighted by atomic mass is 10.0. The molecule has 0 aliphatic carbocycles. The number of hydrogen-bond donors (Lipinski definition) is 1. The van der Waals surface area contributed by atoms with Gasteiger partial charge in [-0.15, -0.1) is 0 Å². The summed E-state index contributed by atoms with van der Waals surface area (Å²) in [5, 5.41) is 4.46. The van der Waals surface area contributed by atoms with Gasteiger partial charge in [0.05, 0.1) is 38.3 Å². The quantitative estimate of drug-likeness (QED) is 0.730. The molecule has 1 aliphatic rings.